The minimum absolute atomic E-state index is 0.0882. The molecule has 37 heavy (non-hydrogen) atoms. The molecule has 0 spiro atoms. The molecule has 0 amide bonds. The molecule has 2 heterocycles. The third kappa shape index (κ3) is 5.07. The molecular weight excluding hydrogens is 566 g/mol. The zero-order chi connectivity index (χ0) is 26.9. The Labute approximate surface area is 223 Å². The Bertz CT molecular complexity index is 1610. The first kappa shape index (κ1) is 26.3. The molecule has 1 N–H and O–H groups in total. The predicted octanol–water partition coefficient (Wildman–Crippen LogP) is 3.57. The highest BCUT2D eigenvalue weighted by Crippen LogP contribution is 2.34. The molecule has 0 aliphatic carbocycles. The van der Waals surface area contributed by atoms with E-state index in [0.717, 1.165) is 11.3 Å². The Morgan fingerprint density at radius 1 is 1.27 bits per heavy atom. The van der Waals surface area contributed by atoms with Crippen LogP contribution in [-0.2, 0) is 9.53 Å². The first-order valence-corrected chi connectivity index (χ1v) is 12.9. The molecule has 1 aromatic heterocycles. The van der Waals surface area contributed by atoms with E-state index in [0.29, 0.717) is 32.9 Å². The monoisotopic (exact) mass is 587 g/mol. The number of allylic oxidation sites excluding steroid dienone is 1. The molecule has 1 aliphatic rings. The number of esters is 1. The molecule has 0 radical (unpaired) electrons. The third-order valence-electron chi connectivity index (χ3n) is 5.59. The van der Waals surface area contributed by atoms with Gasteiger partial charge in [-0.15, -0.1) is 0 Å². The molecule has 1 aliphatic heterocycles. The van der Waals surface area contributed by atoms with Crippen LogP contribution in [0.3, 0.4) is 0 Å². The summed E-state index contributed by atoms with van der Waals surface area (Å²) in [5.74, 6) is -0.508. The summed E-state index contributed by atoms with van der Waals surface area (Å²) < 4.78 is 12.7. The van der Waals surface area contributed by atoms with Crippen molar-refractivity contribution >= 4 is 45.0 Å². The van der Waals surface area contributed by atoms with Gasteiger partial charge in [0, 0.05) is 16.1 Å². The minimum Gasteiger partial charge on any atom is -0.502 e. The van der Waals surface area contributed by atoms with Crippen LogP contribution in [0.15, 0.2) is 61.9 Å². The lowest BCUT2D eigenvalue weighted by atomic mass is 9.96. The number of phenols is 1. The average molecular weight is 588 g/mol. The second-order valence-corrected chi connectivity index (χ2v) is 9.85. The maximum Gasteiger partial charge on any atom is 0.338 e. The van der Waals surface area contributed by atoms with Crippen molar-refractivity contribution in [2.45, 2.75) is 26.8 Å². The van der Waals surface area contributed by atoms with Gasteiger partial charge in [-0.05, 0) is 50.6 Å². The van der Waals surface area contributed by atoms with Crippen LogP contribution in [0.25, 0.3) is 6.08 Å². The summed E-state index contributed by atoms with van der Waals surface area (Å²) in [5, 5.41) is 21.8. The minimum atomic E-state index is -0.821. The quantitative estimate of drug-likeness (QED) is 0.254. The van der Waals surface area contributed by atoms with Crippen molar-refractivity contribution in [3.05, 3.63) is 93.1 Å². The number of nitrogens with zero attached hydrogens (tertiary/aromatic N) is 3. The number of phenolic OH excluding ortho intramolecular Hbond substituents is 1. The number of aromatic hydroxyl groups is 1. The topological polar surface area (TPSA) is 133 Å². The maximum atomic E-state index is 13.7. The van der Waals surface area contributed by atoms with Gasteiger partial charge in [0.1, 0.15) is 5.75 Å². The highest BCUT2D eigenvalue weighted by molar-refractivity contribution is 9.10. The van der Waals surface area contributed by atoms with Crippen LogP contribution in [0.2, 0.25) is 0 Å². The number of hydrogen-bond acceptors (Lipinski definition) is 9. The molecule has 3 aromatic rings. The van der Waals surface area contributed by atoms with Gasteiger partial charge in [-0.25, -0.2) is 9.79 Å². The van der Waals surface area contributed by atoms with E-state index in [1.54, 1.807) is 38.1 Å². The van der Waals surface area contributed by atoms with E-state index in [4.69, 9.17) is 9.47 Å². The Morgan fingerprint density at radius 2 is 1.97 bits per heavy atom. The number of aromatic nitrogens is 1. The van der Waals surface area contributed by atoms with E-state index >= 15 is 0 Å². The molecule has 192 valence electrons. The summed E-state index contributed by atoms with van der Waals surface area (Å²) in [6.45, 7) is 5.88. The van der Waals surface area contributed by atoms with Crippen molar-refractivity contribution < 1.29 is 24.3 Å². The van der Waals surface area contributed by atoms with E-state index in [2.05, 4.69) is 20.9 Å². The summed E-state index contributed by atoms with van der Waals surface area (Å²) in [5.41, 5.74) is 0.400. The number of carbonyl (C=O) groups is 1. The zero-order valence-corrected chi connectivity index (χ0v) is 22.5. The van der Waals surface area contributed by atoms with E-state index in [-0.39, 0.29) is 22.3 Å². The lowest BCUT2D eigenvalue weighted by molar-refractivity contribution is -0.385. The number of halogens is 1. The smallest absolute Gasteiger partial charge is 0.338 e. The number of nitro groups is 1. The Kier molecular flexibility index (Phi) is 7.60. The summed E-state index contributed by atoms with van der Waals surface area (Å²) >= 11 is 4.25. The molecule has 0 unspecified atom stereocenters. The van der Waals surface area contributed by atoms with E-state index in [1.807, 2.05) is 6.92 Å². The van der Waals surface area contributed by atoms with Gasteiger partial charge in [-0.1, -0.05) is 39.4 Å². The SMILES string of the molecule is CCOC(=O)C1=C(C)N=c2s/c(=C\c3cc(Br)cc([N+](=O)[O-])c3O)c(=O)n2[C@@H]1c1ccc(OCC)cc1. The number of nitro benzene ring substituents is 1. The number of hydrogen-bond donors (Lipinski definition) is 1. The number of ether oxygens (including phenoxy) is 2. The highest BCUT2D eigenvalue weighted by Gasteiger charge is 2.33. The van der Waals surface area contributed by atoms with Crippen LogP contribution in [0, 0.1) is 10.1 Å². The molecule has 0 fully saturated rings. The highest BCUT2D eigenvalue weighted by atomic mass is 79.9. The van der Waals surface area contributed by atoms with Gasteiger partial charge in [0.2, 0.25) is 5.75 Å². The molecule has 2 aromatic carbocycles. The van der Waals surface area contributed by atoms with Crippen LogP contribution < -0.4 is 19.6 Å². The number of rotatable bonds is 7. The van der Waals surface area contributed by atoms with Gasteiger partial charge in [0.15, 0.2) is 4.80 Å². The van der Waals surface area contributed by atoms with Gasteiger partial charge in [0.05, 0.1) is 40.0 Å². The van der Waals surface area contributed by atoms with Gasteiger partial charge >= 0.3 is 11.7 Å². The third-order valence-corrected chi connectivity index (χ3v) is 7.03. The van der Waals surface area contributed by atoms with Crippen molar-refractivity contribution in [3.8, 4) is 11.5 Å². The van der Waals surface area contributed by atoms with Crippen molar-refractivity contribution in [3.63, 3.8) is 0 Å². The Balaban J connectivity index is 1.95. The molecule has 0 saturated carbocycles. The normalized spacial score (nSPS) is 15.2. The molecule has 4 rings (SSSR count). The number of carbonyl (C=O) groups excluding carboxylic acids is 1. The summed E-state index contributed by atoms with van der Waals surface area (Å²) in [4.78, 5) is 42.1. The summed E-state index contributed by atoms with van der Waals surface area (Å²) in [6, 6.07) is 8.88. The van der Waals surface area contributed by atoms with E-state index in [1.165, 1.54) is 22.8 Å². The van der Waals surface area contributed by atoms with Gasteiger partial charge < -0.3 is 14.6 Å². The fourth-order valence-corrected chi connectivity index (χ4v) is 5.52. The fraction of sp³-hybridized carbons (Fsp3) is 0.240. The van der Waals surface area contributed by atoms with Crippen molar-refractivity contribution in [2.24, 2.45) is 4.99 Å². The summed E-state index contributed by atoms with van der Waals surface area (Å²) in [6.07, 6.45) is 1.37. The molecule has 0 saturated heterocycles. The number of thiazole rings is 1. The lowest BCUT2D eigenvalue weighted by Crippen LogP contribution is -2.39. The molecule has 0 bridgehead atoms. The first-order valence-electron chi connectivity index (χ1n) is 11.3. The first-order chi connectivity index (χ1) is 17.7. The average Bonchev–Trinajstić information content (AvgIpc) is 3.15. The van der Waals surface area contributed by atoms with E-state index in [9.17, 15) is 24.8 Å². The molecule has 12 heteroatoms. The van der Waals surface area contributed by atoms with Crippen LogP contribution >= 0.6 is 27.3 Å². The Hall–Kier alpha value is -3.77. The van der Waals surface area contributed by atoms with Crippen LogP contribution in [0.4, 0.5) is 5.69 Å². The Morgan fingerprint density at radius 3 is 2.59 bits per heavy atom. The largest absolute Gasteiger partial charge is 0.502 e. The van der Waals surface area contributed by atoms with Gasteiger partial charge in [-0.3, -0.25) is 19.5 Å². The maximum absolute atomic E-state index is 13.7. The van der Waals surface area contributed by atoms with Crippen LogP contribution in [0.5, 0.6) is 11.5 Å². The van der Waals surface area contributed by atoms with Gasteiger partial charge in [0.25, 0.3) is 5.56 Å². The van der Waals surface area contributed by atoms with Crippen molar-refractivity contribution in [2.75, 3.05) is 13.2 Å². The predicted molar refractivity (Wildman–Crippen MR) is 140 cm³/mol. The second-order valence-electron chi connectivity index (χ2n) is 7.92. The van der Waals surface area contributed by atoms with Crippen LogP contribution in [0.1, 0.15) is 37.9 Å². The zero-order valence-electron chi connectivity index (χ0n) is 20.1. The van der Waals surface area contributed by atoms with Crippen LogP contribution in [-0.4, -0.2) is 33.8 Å². The van der Waals surface area contributed by atoms with Gasteiger partial charge in [-0.2, -0.15) is 0 Å². The standard InChI is InChI=1S/C25H22BrN3O7S/c1-4-35-17-8-6-14(7-9-17)21-20(24(32)36-5-2)13(3)27-25-28(21)23(31)19(37-25)11-15-10-16(26)12-18(22(15)30)29(33)34/h6-12,21,30H,4-5H2,1-3H3/b19-11-/t21-/m1/s1. The summed E-state index contributed by atoms with van der Waals surface area (Å²) in [7, 11) is 0. The molecule has 10 nitrogen and oxygen atoms in total. The molecular formula is C25H22BrN3O7S. The van der Waals surface area contributed by atoms with E-state index < -0.39 is 33.9 Å². The number of benzene rings is 2. The lowest BCUT2D eigenvalue weighted by Gasteiger charge is -2.24. The molecule has 1 atom stereocenters. The second kappa shape index (κ2) is 10.7. The van der Waals surface area contributed by atoms with Crippen molar-refractivity contribution in [1.29, 1.82) is 0 Å². The fourth-order valence-electron chi connectivity index (χ4n) is 4.02. The number of fused-ring (bicyclic) bond motifs is 1. The van der Waals surface area contributed by atoms with Crippen molar-refractivity contribution in [1.82, 2.24) is 4.57 Å².